The number of aromatic nitrogens is 3. The first-order valence-electron chi connectivity index (χ1n) is 7.76. The molecule has 7 nitrogen and oxygen atoms in total. The van der Waals surface area contributed by atoms with Gasteiger partial charge in [0.05, 0.1) is 11.4 Å². The second kappa shape index (κ2) is 6.76. The normalized spacial score (nSPS) is 12.0. The van der Waals surface area contributed by atoms with E-state index in [1.807, 2.05) is 6.92 Å². The molecule has 0 saturated carbocycles. The van der Waals surface area contributed by atoms with Gasteiger partial charge in [0.25, 0.3) is 0 Å². The van der Waals surface area contributed by atoms with Crippen LogP contribution in [0.3, 0.4) is 0 Å². The van der Waals surface area contributed by atoms with E-state index in [0.717, 1.165) is 5.69 Å². The lowest BCUT2D eigenvalue weighted by molar-refractivity contribution is -0.116. The predicted molar refractivity (Wildman–Crippen MR) is 91.2 cm³/mol. The molecule has 0 radical (unpaired) electrons. The molecule has 2 aromatic heterocycles. The molecule has 0 bridgehead atoms. The summed E-state index contributed by atoms with van der Waals surface area (Å²) in [4.78, 5) is 12.2. The molecule has 0 spiro atoms. The Morgan fingerprint density at radius 3 is 2.76 bits per heavy atom. The van der Waals surface area contributed by atoms with Crippen LogP contribution < -0.4 is 10.6 Å². The van der Waals surface area contributed by atoms with Crippen LogP contribution in [0.15, 0.2) is 40.9 Å². The molecular formula is C17H18FN5O2. The summed E-state index contributed by atoms with van der Waals surface area (Å²) in [5.74, 6) is 0.182. The molecule has 0 aliphatic carbocycles. The molecule has 0 fully saturated rings. The highest BCUT2D eigenvalue weighted by Gasteiger charge is 2.17. The summed E-state index contributed by atoms with van der Waals surface area (Å²) >= 11 is 0. The number of rotatable bonds is 5. The minimum Gasteiger partial charge on any atom is -0.357 e. The standard InChI is InChI=1S/C17H18FN5O2/c1-10-7-16(25-22-10)20-17(24)12(3)19-15-8-11(2)23(21-15)14-6-4-5-13(18)9-14/h4-9,12H,1-3H3,(H,19,21)(H,20,24). The van der Waals surface area contributed by atoms with Gasteiger partial charge in [0, 0.05) is 17.8 Å². The summed E-state index contributed by atoms with van der Waals surface area (Å²) in [6.07, 6.45) is 0. The van der Waals surface area contributed by atoms with Crippen molar-refractivity contribution in [1.82, 2.24) is 14.9 Å². The van der Waals surface area contributed by atoms with E-state index in [9.17, 15) is 9.18 Å². The summed E-state index contributed by atoms with van der Waals surface area (Å²) < 4.78 is 20.0. The molecule has 3 rings (SSSR count). The number of aryl methyl sites for hydroxylation is 2. The Kier molecular flexibility index (Phi) is 4.51. The number of amides is 1. The van der Waals surface area contributed by atoms with E-state index in [1.165, 1.54) is 12.1 Å². The van der Waals surface area contributed by atoms with Crippen LogP contribution in [0.1, 0.15) is 18.3 Å². The zero-order valence-electron chi connectivity index (χ0n) is 14.1. The number of anilines is 2. The third-order valence-electron chi connectivity index (χ3n) is 3.57. The summed E-state index contributed by atoms with van der Waals surface area (Å²) in [5, 5.41) is 13.7. The first-order chi connectivity index (χ1) is 11.9. The molecule has 1 aromatic carbocycles. The summed E-state index contributed by atoms with van der Waals surface area (Å²) in [6, 6.07) is 9.01. The summed E-state index contributed by atoms with van der Waals surface area (Å²) in [6.45, 7) is 5.32. The largest absolute Gasteiger partial charge is 0.357 e. The number of benzene rings is 1. The fourth-order valence-electron chi connectivity index (χ4n) is 2.35. The van der Waals surface area contributed by atoms with E-state index in [1.54, 1.807) is 42.8 Å². The SMILES string of the molecule is Cc1cc(NC(=O)C(C)Nc2cc(C)n(-c3cccc(F)c3)n2)on1. The molecule has 2 N–H and O–H groups in total. The van der Waals surface area contributed by atoms with Crippen molar-refractivity contribution in [3.63, 3.8) is 0 Å². The zero-order chi connectivity index (χ0) is 18.0. The second-order valence-corrected chi connectivity index (χ2v) is 5.75. The summed E-state index contributed by atoms with van der Waals surface area (Å²) in [7, 11) is 0. The van der Waals surface area contributed by atoms with Crippen LogP contribution >= 0.6 is 0 Å². The highest BCUT2D eigenvalue weighted by Crippen LogP contribution is 2.17. The number of carbonyl (C=O) groups excluding carboxylic acids is 1. The molecule has 1 atom stereocenters. The van der Waals surface area contributed by atoms with Gasteiger partial charge in [-0.3, -0.25) is 10.1 Å². The molecule has 0 aliphatic rings. The van der Waals surface area contributed by atoms with Crippen LogP contribution in [0.4, 0.5) is 16.1 Å². The number of halogens is 1. The highest BCUT2D eigenvalue weighted by molar-refractivity contribution is 5.95. The Bertz CT molecular complexity index is 902. The maximum absolute atomic E-state index is 13.4. The van der Waals surface area contributed by atoms with Gasteiger partial charge in [-0.25, -0.2) is 9.07 Å². The lowest BCUT2D eigenvalue weighted by Gasteiger charge is -2.11. The maximum Gasteiger partial charge on any atom is 0.248 e. The lowest BCUT2D eigenvalue weighted by Crippen LogP contribution is -2.31. The molecule has 2 heterocycles. The first-order valence-corrected chi connectivity index (χ1v) is 7.76. The van der Waals surface area contributed by atoms with Crippen LogP contribution in [-0.4, -0.2) is 26.9 Å². The number of nitrogens with zero attached hydrogens (tertiary/aromatic N) is 3. The molecule has 130 valence electrons. The highest BCUT2D eigenvalue weighted by atomic mass is 19.1. The Morgan fingerprint density at radius 1 is 1.28 bits per heavy atom. The van der Waals surface area contributed by atoms with Crippen LogP contribution in [0.2, 0.25) is 0 Å². The van der Waals surface area contributed by atoms with Crippen molar-refractivity contribution in [2.75, 3.05) is 10.6 Å². The van der Waals surface area contributed by atoms with Crippen LogP contribution in [-0.2, 0) is 4.79 Å². The number of nitrogens with one attached hydrogen (secondary N) is 2. The van der Waals surface area contributed by atoms with Crippen molar-refractivity contribution < 1.29 is 13.7 Å². The number of carbonyl (C=O) groups is 1. The van der Waals surface area contributed by atoms with Gasteiger partial charge in [-0.15, -0.1) is 0 Å². The van der Waals surface area contributed by atoms with Gasteiger partial charge in [-0.1, -0.05) is 11.2 Å². The van der Waals surface area contributed by atoms with Crippen molar-refractivity contribution in [3.8, 4) is 5.69 Å². The van der Waals surface area contributed by atoms with Crippen molar-refractivity contribution in [2.24, 2.45) is 0 Å². The van der Waals surface area contributed by atoms with Crippen LogP contribution in [0.5, 0.6) is 0 Å². The average molecular weight is 343 g/mol. The van der Waals surface area contributed by atoms with Gasteiger partial charge < -0.3 is 9.84 Å². The lowest BCUT2D eigenvalue weighted by atomic mass is 10.3. The van der Waals surface area contributed by atoms with E-state index in [0.29, 0.717) is 17.2 Å². The Labute approximate surface area is 143 Å². The smallest absolute Gasteiger partial charge is 0.248 e. The monoisotopic (exact) mass is 343 g/mol. The van der Waals surface area contributed by atoms with Crippen molar-refractivity contribution >= 4 is 17.6 Å². The topological polar surface area (TPSA) is 85.0 Å². The predicted octanol–water partition coefficient (Wildman–Crippen LogP) is 3.06. The van der Waals surface area contributed by atoms with Crippen molar-refractivity contribution in [1.29, 1.82) is 0 Å². The molecule has 0 saturated heterocycles. The van der Waals surface area contributed by atoms with E-state index in [2.05, 4.69) is 20.9 Å². The number of hydrogen-bond acceptors (Lipinski definition) is 5. The third kappa shape index (κ3) is 3.85. The molecule has 3 aromatic rings. The molecule has 8 heteroatoms. The van der Waals surface area contributed by atoms with Gasteiger partial charge in [0.15, 0.2) is 0 Å². The Hall–Kier alpha value is -3.16. The molecule has 1 amide bonds. The van der Waals surface area contributed by atoms with E-state index < -0.39 is 6.04 Å². The van der Waals surface area contributed by atoms with Gasteiger partial charge in [0.1, 0.15) is 17.7 Å². The van der Waals surface area contributed by atoms with Crippen molar-refractivity contribution in [2.45, 2.75) is 26.8 Å². The molecule has 1 unspecified atom stereocenters. The van der Waals surface area contributed by atoms with Crippen LogP contribution in [0.25, 0.3) is 5.69 Å². The van der Waals surface area contributed by atoms with E-state index >= 15 is 0 Å². The molecular weight excluding hydrogens is 325 g/mol. The average Bonchev–Trinajstić information content (AvgIpc) is 3.12. The fraction of sp³-hybridized carbons (Fsp3) is 0.235. The maximum atomic E-state index is 13.4. The quantitative estimate of drug-likeness (QED) is 0.744. The minimum atomic E-state index is -0.555. The Morgan fingerprint density at radius 2 is 2.08 bits per heavy atom. The van der Waals surface area contributed by atoms with Crippen LogP contribution in [0, 0.1) is 19.7 Å². The van der Waals surface area contributed by atoms with E-state index in [4.69, 9.17) is 4.52 Å². The van der Waals surface area contributed by atoms with Gasteiger partial charge >= 0.3 is 0 Å². The number of hydrogen-bond donors (Lipinski definition) is 2. The summed E-state index contributed by atoms with van der Waals surface area (Å²) in [5.41, 5.74) is 2.10. The van der Waals surface area contributed by atoms with E-state index in [-0.39, 0.29) is 17.6 Å². The molecule has 0 aliphatic heterocycles. The Balaban J connectivity index is 1.70. The van der Waals surface area contributed by atoms with Gasteiger partial charge in [-0.2, -0.15) is 5.10 Å². The molecule has 25 heavy (non-hydrogen) atoms. The second-order valence-electron chi connectivity index (χ2n) is 5.75. The first kappa shape index (κ1) is 16.7. The fourth-order valence-corrected chi connectivity index (χ4v) is 2.35. The van der Waals surface area contributed by atoms with Crippen molar-refractivity contribution in [3.05, 3.63) is 53.6 Å². The zero-order valence-corrected chi connectivity index (χ0v) is 14.1. The third-order valence-corrected chi connectivity index (χ3v) is 3.57. The minimum absolute atomic E-state index is 0.283. The van der Waals surface area contributed by atoms with Gasteiger partial charge in [-0.05, 0) is 39.0 Å². The van der Waals surface area contributed by atoms with Gasteiger partial charge in [0.2, 0.25) is 11.8 Å².